The van der Waals surface area contributed by atoms with E-state index in [4.69, 9.17) is 11.1 Å². The number of benzene rings is 3. The number of aliphatic carboxylic acids is 1. The van der Waals surface area contributed by atoms with Crippen molar-refractivity contribution in [1.82, 2.24) is 4.98 Å². The topological polar surface area (TPSA) is 141 Å². The fraction of sp³-hybridized carbons (Fsp3) is 0.111. The highest BCUT2D eigenvalue weighted by Gasteiger charge is 2.22. The van der Waals surface area contributed by atoms with E-state index in [-0.39, 0.29) is 5.84 Å². The van der Waals surface area contributed by atoms with Gasteiger partial charge in [-0.3, -0.25) is 19.9 Å². The number of aliphatic hydroxyl groups excluding tert-OH is 1. The minimum Gasteiger partial charge on any atom is -0.480 e. The maximum atomic E-state index is 13.1. The van der Waals surface area contributed by atoms with Crippen molar-refractivity contribution < 1.29 is 19.8 Å². The molecule has 0 saturated carbocycles. The van der Waals surface area contributed by atoms with Gasteiger partial charge in [0.1, 0.15) is 18.5 Å². The van der Waals surface area contributed by atoms with Crippen molar-refractivity contribution in [2.75, 3.05) is 11.4 Å². The molecular weight excluding hydrogens is 444 g/mol. The summed E-state index contributed by atoms with van der Waals surface area (Å²) in [6.45, 7) is 1.38. The van der Waals surface area contributed by atoms with Crippen molar-refractivity contribution in [2.24, 2.45) is 5.73 Å². The maximum absolute atomic E-state index is 13.1. The Morgan fingerprint density at radius 3 is 2.31 bits per heavy atom. The largest absolute Gasteiger partial charge is 0.480 e. The van der Waals surface area contributed by atoms with Crippen molar-refractivity contribution in [1.29, 1.82) is 5.41 Å². The highest BCUT2D eigenvalue weighted by atomic mass is 16.4. The van der Waals surface area contributed by atoms with Crippen molar-refractivity contribution in [2.45, 2.75) is 13.0 Å². The van der Waals surface area contributed by atoms with Crippen LogP contribution in [0.1, 0.15) is 38.8 Å². The standard InChI is InChI=1S/C27H24N4O4/c1-16-13-23(25(34)17-7-9-18(10-8-17)26(28)29)30-22-14-20(11-12-21(16)22)31(15-24(32)33)27(35)19-5-3-2-4-6-19/h2-14,25,34H,15H2,1H3,(H3,28,29)(H,32,33). The molecule has 1 unspecified atom stereocenters. The zero-order chi connectivity index (χ0) is 25.1. The van der Waals surface area contributed by atoms with Crippen molar-refractivity contribution in [3.05, 3.63) is 107 Å². The molecule has 0 aliphatic heterocycles. The van der Waals surface area contributed by atoms with Crippen LogP contribution in [0.25, 0.3) is 10.9 Å². The van der Waals surface area contributed by atoms with Gasteiger partial charge >= 0.3 is 5.97 Å². The number of carbonyl (C=O) groups excluding carboxylic acids is 1. The molecule has 8 heteroatoms. The molecule has 0 radical (unpaired) electrons. The second kappa shape index (κ2) is 9.74. The van der Waals surface area contributed by atoms with E-state index >= 15 is 0 Å². The number of nitrogen functional groups attached to an aromatic ring is 1. The Balaban J connectivity index is 1.74. The lowest BCUT2D eigenvalue weighted by molar-refractivity contribution is -0.135. The highest BCUT2D eigenvalue weighted by molar-refractivity contribution is 6.09. The van der Waals surface area contributed by atoms with E-state index in [2.05, 4.69) is 4.98 Å². The summed E-state index contributed by atoms with van der Waals surface area (Å²) >= 11 is 0. The molecule has 176 valence electrons. The van der Waals surface area contributed by atoms with Crippen LogP contribution >= 0.6 is 0 Å². The average molecular weight is 469 g/mol. The van der Waals surface area contributed by atoms with Gasteiger partial charge in [0.25, 0.3) is 5.91 Å². The Morgan fingerprint density at radius 1 is 1.00 bits per heavy atom. The monoisotopic (exact) mass is 468 g/mol. The first-order chi connectivity index (χ1) is 16.7. The number of aromatic nitrogens is 1. The molecule has 1 amide bonds. The first-order valence-corrected chi connectivity index (χ1v) is 10.9. The van der Waals surface area contributed by atoms with Crippen molar-refractivity contribution in [3.63, 3.8) is 0 Å². The summed E-state index contributed by atoms with van der Waals surface area (Å²) in [5.41, 5.74) is 9.20. The molecule has 8 nitrogen and oxygen atoms in total. The molecule has 1 heterocycles. The summed E-state index contributed by atoms with van der Waals surface area (Å²) < 4.78 is 0. The molecule has 1 aromatic heterocycles. The van der Waals surface area contributed by atoms with Gasteiger partial charge < -0.3 is 15.9 Å². The molecule has 0 spiro atoms. The molecule has 0 aliphatic carbocycles. The summed E-state index contributed by atoms with van der Waals surface area (Å²) in [4.78, 5) is 30.5. The third kappa shape index (κ3) is 5.02. The average Bonchev–Trinajstić information content (AvgIpc) is 2.86. The fourth-order valence-corrected chi connectivity index (χ4v) is 3.89. The maximum Gasteiger partial charge on any atom is 0.323 e. The number of hydrogen-bond acceptors (Lipinski definition) is 5. The summed E-state index contributed by atoms with van der Waals surface area (Å²) in [5.74, 6) is -1.64. The lowest BCUT2D eigenvalue weighted by Crippen LogP contribution is -2.35. The van der Waals surface area contributed by atoms with E-state index in [0.29, 0.717) is 33.6 Å². The van der Waals surface area contributed by atoms with Crippen LogP contribution in [-0.4, -0.2) is 39.5 Å². The SMILES string of the molecule is Cc1cc(C(O)c2ccc(C(=N)N)cc2)nc2cc(N(CC(=O)O)C(=O)c3ccccc3)ccc12. The van der Waals surface area contributed by atoms with Gasteiger partial charge in [0.15, 0.2) is 0 Å². The van der Waals surface area contributed by atoms with E-state index in [9.17, 15) is 19.8 Å². The fourth-order valence-electron chi connectivity index (χ4n) is 3.89. The molecule has 0 saturated heterocycles. The van der Waals surface area contributed by atoms with Crippen LogP contribution < -0.4 is 10.6 Å². The number of amides is 1. The third-order valence-electron chi connectivity index (χ3n) is 5.71. The molecule has 4 rings (SSSR count). The van der Waals surface area contributed by atoms with Gasteiger partial charge in [-0.05, 0) is 48.4 Å². The van der Waals surface area contributed by atoms with E-state index in [1.54, 1.807) is 78.9 Å². The van der Waals surface area contributed by atoms with Gasteiger partial charge in [0.05, 0.1) is 11.2 Å². The van der Waals surface area contributed by atoms with Crippen LogP contribution in [0.15, 0.2) is 78.9 Å². The van der Waals surface area contributed by atoms with E-state index in [0.717, 1.165) is 10.9 Å². The molecule has 35 heavy (non-hydrogen) atoms. The molecular formula is C27H24N4O4. The molecule has 0 aliphatic rings. The Labute approximate surface area is 201 Å². The minimum atomic E-state index is -1.14. The van der Waals surface area contributed by atoms with Crippen LogP contribution in [0.2, 0.25) is 0 Å². The van der Waals surface area contributed by atoms with Gasteiger partial charge in [-0.1, -0.05) is 48.5 Å². The van der Waals surface area contributed by atoms with Crippen LogP contribution in [0.3, 0.4) is 0 Å². The van der Waals surface area contributed by atoms with Crippen molar-refractivity contribution in [3.8, 4) is 0 Å². The second-order valence-corrected chi connectivity index (χ2v) is 8.15. The van der Waals surface area contributed by atoms with Gasteiger partial charge in [-0.2, -0.15) is 0 Å². The highest BCUT2D eigenvalue weighted by Crippen LogP contribution is 2.29. The molecule has 0 bridgehead atoms. The van der Waals surface area contributed by atoms with Gasteiger partial charge in [-0.25, -0.2) is 4.98 Å². The molecule has 4 aromatic rings. The Kier molecular flexibility index (Phi) is 6.57. The molecule has 1 atom stereocenters. The van der Waals surface area contributed by atoms with E-state index in [1.807, 2.05) is 6.92 Å². The first-order valence-electron chi connectivity index (χ1n) is 10.9. The number of nitrogens with zero attached hydrogens (tertiary/aromatic N) is 2. The first kappa shape index (κ1) is 23.6. The van der Waals surface area contributed by atoms with Crippen LogP contribution in [-0.2, 0) is 4.79 Å². The zero-order valence-corrected chi connectivity index (χ0v) is 19.0. The van der Waals surface area contributed by atoms with E-state index in [1.165, 1.54) is 4.90 Å². The van der Waals surface area contributed by atoms with Gasteiger partial charge in [0, 0.05) is 22.2 Å². The number of nitrogens with one attached hydrogen (secondary N) is 1. The quantitative estimate of drug-likeness (QED) is 0.241. The number of fused-ring (bicyclic) bond motifs is 1. The Hall–Kier alpha value is -4.56. The minimum absolute atomic E-state index is 0.0609. The predicted octanol–water partition coefficient (Wildman–Crippen LogP) is 3.64. The third-order valence-corrected chi connectivity index (χ3v) is 5.71. The smallest absolute Gasteiger partial charge is 0.323 e. The van der Waals surface area contributed by atoms with Gasteiger partial charge in [0.2, 0.25) is 0 Å². The van der Waals surface area contributed by atoms with Crippen LogP contribution in [0.4, 0.5) is 5.69 Å². The summed E-state index contributed by atoms with van der Waals surface area (Å²) in [6, 6.07) is 22.1. The number of carboxylic acid groups (broad SMARTS) is 1. The number of nitrogens with two attached hydrogens (primary N) is 1. The number of carboxylic acids is 1. The predicted molar refractivity (Wildman–Crippen MR) is 134 cm³/mol. The summed E-state index contributed by atoms with van der Waals surface area (Å²) in [6.07, 6.45) is -1.02. The van der Waals surface area contributed by atoms with E-state index < -0.39 is 24.5 Å². The van der Waals surface area contributed by atoms with Gasteiger partial charge in [-0.15, -0.1) is 0 Å². The number of amidine groups is 1. The lowest BCUT2D eigenvalue weighted by atomic mass is 10.0. The number of anilines is 1. The number of carbonyl (C=O) groups is 2. The van der Waals surface area contributed by atoms with Crippen molar-refractivity contribution >= 4 is 34.3 Å². The molecule has 5 N–H and O–H groups in total. The molecule has 3 aromatic carbocycles. The number of hydrogen-bond donors (Lipinski definition) is 4. The Bertz CT molecular complexity index is 1420. The van der Waals surface area contributed by atoms with Crippen LogP contribution in [0.5, 0.6) is 0 Å². The number of aliphatic hydroxyl groups is 1. The lowest BCUT2D eigenvalue weighted by Gasteiger charge is -2.22. The Morgan fingerprint density at radius 2 is 1.69 bits per heavy atom. The summed E-state index contributed by atoms with van der Waals surface area (Å²) in [7, 11) is 0. The summed E-state index contributed by atoms with van der Waals surface area (Å²) in [5, 5.41) is 28.7. The molecule has 0 fully saturated rings. The number of pyridine rings is 1. The zero-order valence-electron chi connectivity index (χ0n) is 19.0. The number of aryl methyl sites for hydroxylation is 1. The van der Waals surface area contributed by atoms with Crippen LogP contribution in [0, 0.1) is 12.3 Å². The normalized spacial score (nSPS) is 11.7. The number of rotatable bonds is 7. The second-order valence-electron chi connectivity index (χ2n) is 8.15.